The minimum absolute atomic E-state index is 0.245. The number of hydrogen-bond acceptors (Lipinski definition) is 2. The third kappa shape index (κ3) is 4.27. The van der Waals surface area contributed by atoms with E-state index in [0.717, 1.165) is 30.9 Å². The smallest absolute Gasteiger partial charge is 0.0576 e. The van der Waals surface area contributed by atoms with Gasteiger partial charge in [-0.1, -0.05) is 23.7 Å². The number of rotatable bonds is 6. The molecule has 0 amide bonds. The van der Waals surface area contributed by atoms with Crippen LogP contribution in [0.5, 0.6) is 0 Å². The molecule has 0 radical (unpaired) electrons. The largest absolute Gasteiger partial charge is 0.396 e. The molecular weight excluding hydrogens is 248 g/mol. The summed E-state index contributed by atoms with van der Waals surface area (Å²) in [5.74, 6) is 0.329. The topological polar surface area (TPSA) is 29.5 Å². The van der Waals surface area contributed by atoms with Crippen LogP contribution in [0.25, 0.3) is 0 Å². The van der Waals surface area contributed by atoms with E-state index in [2.05, 4.69) is 0 Å². The van der Waals surface area contributed by atoms with Crippen molar-refractivity contribution in [1.82, 2.24) is 0 Å². The van der Waals surface area contributed by atoms with E-state index in [9.17, 15) is 5.11 Å². The number of halogens is 1. The number of ether oxygens (including phenoxy) is 1. The zero-order valence-electron chi connectivity index (χ0n) is 10.6. The van der Waals surface area contributed by atoms with Crippen molar-refractivity contribution in [2.45, 2.75) is 38.2 Å². The Morgan fingerprint density at radius 2 is 2.11 bits per heavy atom. The fourth-order valence-electron chi connectivity index (χ4n) is 2.51. The standard InChI is InChI=1S/C15H21ClO2/c16-14-6-3-12(4-7-14)10-13(11-17)5-8-15-2-1-9-18-15/h3-4,6-7,13,15,17H,1-2,5,8-11H2. The molecule has 2 rings (SSSR count). The first-order chi connectivity index (χ1) is 8.78. The van der Waals surface area contributed by atoms with Gasteiger partial charge in [-0.2, -0.15) is 0 Å². The van der Waals surface area contributed by atoms with E-state index in [1.165, 1.54) is 18.4 Å². The zero-order valence-corrected chi connectivity index (χ0v) is 11.4. The predicted octanol–water partition coefficient (Wildman–Crippen LogP) is 3.45. The molecule has 2 atom stereocenters. The third-order valence-corrected chi connectivity index (χ3v) is 3.87. The van der Waals surface area contributed by atoms with Gasteiger partial charge in [0.05, 0.1) is 6.10 Å². The highest BCUT2D eigenvalue weighted by molar-refractivity contribution is 6.30. The fraction of sp³-hybridized carbons (Fsp3) is 0.600. The number of benzene rings is 1. The molecule has 1 aromatic rings. The minimum Gasteiger partial charge on any atom is -0.396 e. The SMILES string of the molecule is OCC(CCC1CCCO1)Cc1ccc(Cl)cc1. The summed E-state index contributed by atoms with van der Waals surface area (Å²) in [7, 11) is 0. The van der Waals surface area contributed by atoms with Crippen molar-refractivity contribution in [2.24, 2.45) is 5.92 Å². The Kier molecular flexibility index (Phi) is 5.48. The van der Waals surface area contributed by atoms with Crippen LogP contribution < -0.4 is 0 Å². The van der Waals surface area contributed by atoms with E-state index < -0.39 is 0 Å². The van der Waals surface area contributed by atoms with Gasteiger partial charge in [0.15, 0.2) is 0 Å². The number of aliphatic hydroxyl groups is 1. The molecule has 3 heteroatoms. The Hall–Kier alpha value is -0.570. The number of hydrogen-bond donors (Lipinski definition) is 1. The molecule has 1 aliphatic rings. The Morgan fingerprint density at radius 3 is 2.72 bits per heavy atom. The lowest BCUT2D eigenvalue weighted by Crippen LogP contribution is -2.14. The second kappa shape index (κ2) is 7.13. The van der Waals surface area contributed by atoms with Crippen molar-refractivity contribution >= 4 is 11.6 Å². The molecule has 1 heterocycles. The summed E-state index contributed by atoms with van der Waals surface area (Å²) in [6.45, 7) is 1.15. The van der Waals surface area contributed by atoms with Crippen molar-refractivity contribution in [3.63, 3.8) is 0 Å². The van der Waals surface area contributed by atoms with Crippen LogP contribution in [0.2, 0.25) is 5.02 Å². The Labute approximate surface area is 114 Å². The van der Waals surface area contributed by atoms with Crippen LogP contribution in [0.1, 0.15) is 31.2 Å². The number of aliphatic hydroxyl groups excluding tert-OH is 1. The molecule has 0 aromatic heterocycles. The average molecular weight is 269 g/mol. The highest BCUT2D eigenvalue weighted by atomic mass is 35.5. The van der Waals surface area contributed by atoms with Crippen LogP contribution in [0, 0.1) is 5.92 Å². The van der Waals surface area contributed by atoms with E-state index in [4.69, 9.17) is 16.3 Å². The molecule has 100 valence electrons. The maximum Gasteiger partial charge on any atom is 0.0576 e. The van der Waals surface area contributed by atoms with Gasteiger partial charge in [0, 0.05) is 18.2 Å². The van der Waals surface area contributed by atoms with Crippen molar-refractivity contribution in [3.05, 3.63) is 34.9 Å². The summed E-state index contributed by atoms with van der Waals surface area (Å²) < 4.78 is 5.61. The van der Waals surface area contributed by atoms with Crippen molar-refractivity contribution in [1.29, 1.82) is 0 Å². The summed E-state index contributed by atoms with van der Waals surface area (Å²) in [6.07, 6.45) is 5.80. The summed E-state index contributed by atoms with van der Waals surface area (Å²) in [5, 5.41) is 10.2. The zero-order chi connectivity index (χ0) is 12.8. The summed E-state index contributed by atoms with van der Waals surface area (Å²) >= 11 is 5.86. The molecule has 2 unspecified atom stereocenters. The Balaban J connectivity index is 1.79. The molecule has 0 saturated carbocycles. The molecule has 1 N–H and O–H groups in total. The normalized spacial score (nSPS) is 21.1. The van der Waals surface area contributed by atoms with Crippen LogP contribution in [0.4, 0.5) is 0 Å². The van der Waals surface area contributed by atoms with E-state index in [-0.39, 0.29) is 6.61 Å². The van der Waals surface area contributed by atoms with Crippen LogP contribution in [0.15, 0.2) is 24.3 Å². The monoisotopic (exact) mass is 268 g/mol. The molecule has 1 aliphatic heterocycles. The lowest BCUT2D eigenvalue weighted by Gasteiger charge is -2.16. The highest BCUT2D eigenvalue weighted by Crippen LogP contribution is 2.22. The van der Waals surface area contributed by atoms with Gasteiger partial charge in [-0.3, -0.25) is 0 Å². The third-order valence-electron chi connectivity index (χ3n) is 3.62. The van der Waals surface area contributed by atoms with Crippen molar-refractivity contribution in [2.75, 3.05) is 13.2 Å². The fourth-order valence-corrected chi connectivity index (χ4v) is 2.63. The Morgan fingerprint density at radius 1 is 1.33 bits per heavy atom. The van der Waals surface area contributed by atoms with Crippen LogP contribution in [0.3, 0.4) is 0 Å². The van der Waals surface area contributed by atoms with Gasteiger partial charge in [-0.15, -0.1) is 0 Å². The van der Waals surface area contributed by atoms with Gasteiger partial charge in [-0.05, 0) is 55.7 Å². The van der Waals surface area contributed by atoms with Gasteiger partial charge in [-0.25, -0.2) is 0 Å². The van der Waals surface area contributed by atoms with Crippen molar-refractivity contribution < 1.29 is 9.84 Å². The van der Waals surface area contributed by atoms with E-state index in [0.29, 0.717) is 12.0 Å². The highest BCUT2D eigenvalue weighted by Gasteiger charge is 2.17. The molecule has 0 bridgehead atoms. The van der Waals surface area contributed by atoms with Gasteiger partial charge in [0.25, 0.3) is 0 Å². The quantitative estimate of drug-likeness (QED) is 0.856. The van der Waals surface area contributed by atoms with E-state index in [1.54, 1.807) is 0 Å². The Bertz CT molecular complexity index is 344. The van der Waals surface area contributed by atoms with Crippen LogP contribution in [-0.4, -0.2) is 24.4 Å². The molecule has 2 nitrogen and oxygen atoms in total. The second-order valence-electron chi connectivity index (χ2n) is 5.09. The van der Waals surface area contributed by atoms with Gasteiger partial charge in [0.1, 0.15) is 0 Å². The summed E-state index contributed by atoms with van der Waals surface area (Å²) in [6, 6.07) is 7.89. The minimum atomic E-state index is 0.245. The molecule has 1 aromatic carbocycles. The molecule has 18 heavy (non-hydrogen) atoms. The van der Waals surface area contributed by atoms with Gasteiger partial charge < -0.3 is 9.84 Å². The van der Waals surface area contributed by atoms with Gasteiger partial charge in [0.2, 0.25) is 0 Å². The molecule has 1 saturated heterocycles. The predicted molar refractivity (Wildman–Crippen MR) is 73.9 cm³/mol. The van der Waals surface area contributed by atoms with Gasteiger partial charge >= 0.3 is 0 Å². The maximum absolute atomic E-state index is 9.45. The van der Waals surface area contributed by atoms with E-state index in [1.807, 2.05) is 24.3 Å². The lowest BCUT2D eigenvalue weighted by atomic mass is 9.94. The molecule has 0 spiro atoms. The lowest BCUT2D eigenvalue weighted by molar-refractivity contribution is 0.0932. The van der Waals surface area contributed by atoms with E-state index >= 15 is 0 Å². The van der Waals surface area contributed by atoms with Crippen LogP contribution in [-0.2, 0) is 11.2 Å². The first kappa shape index (κ1) is 13.9. The molecular formula is C15H21ClO2. The molecule has 1 fully saturated rings. The van der Waals surface area contributed by atoms with Crippen molar-refractivity contribution in [3.8, 4) is 0 Å². The molecule has 0 aliphatic carbocycles. The second-order valence-corrected chi connectivity index (χ2v) is 5.53. The van der Waals surface area contributed by atoms with Crippen LogP contribution >= 0.6 is 11.6 Å². The first-order valence-electron chi connectivity index (χ1n) is 6.75. The first-order valence-corrected chi connectivity index (χ1v) is 7.12. The summed E-state index contributed by atoms with van der Waals surface area (Å²) in [4.78, 5) is 0. The average Bonchev–Trinajstić information content (AvgIpc) is 2.90. The maximum atomic E-state index is 9.45. The summed E-state index contributed by atoms with van der Waals surface area (Å²) in [5.41, 5.74) is 1.24.